The van der Waals surface area contributed by atoms with Crippen molar-refractivity contribution in [1.82, 2.24) is 0 Å². The van der Waals surface area contributed by atoms with E-state index in [1.54, 1.807) is 0 Å². The van der Waals surface area contributed by atoms with E-state index < -0.39 is 0 Å². The summed E-state index contributed by atoms with van der Waals surface area (Å²) in [5.41, 5.74) is 4.41. The Bertz CT molecular complexity index is 813. The van der Waals surface area contributed by atoms with Gasteiger partial charge < -0.3 is 10.1 Å². The van der Waals surface area contributed by atoms with Gasteiger partial charge in [-0.1, -0.05) is 24.3 Å². The van der Waals surface area contributed by atoms with Gasteiger partial charge in [-0.3, -0.25) is 0 Å². The molecule has 0 spiro atoms. The lowest BCUT2D eigenvalue weighted by Crippen LogP contribution is -2.29. The predicted octanol–water partition coefficient (Wildman–Crippen LogP) is 4.90. The molecule has 1 aliphatic heterocycles. The van der Waals surface area contributed by atoms with Crippen LogP contribution in [0.1, 0.15) is 39.9 Å². The van der Waals surface area contributed by atoms with Crippen molar-refractivity contribution in [3.8, 4) is 0 Å². The number of esters is 1. The SMILES string of the molecule is COC(=O)c1ccc([C@@H]2Nc3ccc(I)cc3[C@@H]3C=CC[C@H]32)cc1. The quantitative estimate of drug-likeness (QED) is 0.418. The monoisotopic (exact) mass is 431 g/mol. The van der Waals surface area contributed by atoms with E-state index in [9.17, 15) is 4.79 Å². The maximum Gasteiger partial charge on any atom is 0.337 e. The molecule has 0 radical (unpaired) electrons. The first-order chi connectivity index (χ1) is 11.7. The molecular formula is C20H18INO2. The molecule has 0 bridgehead atoms. The van der Waals surface area contributed by atoms with Crippen molar-refractivity contribution in [1.29, 1.82) is 0 Å². The van der Waals surface area contributed by atoms with E-state index in [-0.39, 0.29) is 12.0 Å². The van der Waals surface area contributed by atoms with Crippen LogP contribution in [0.15, 0.2) is 54.6 Å². The molecule has 0 unspecified atom stereocenters. The van der Waals surface area contributed by atoms with Crippen LogP contribution >= 0.6 is 22.6 Å². The number of allylic oxidation sites excluding steroid dienone is 2. The van der Waals surface area contributed by atoms with Gasteiger partial charge in [0.05, 0.1) is 18.7 Å². The minimum Gasteiger partial charge on any atom is -0.465 e. The molecule has 24 heavy (non-hydrogen) atoms. The minimum absolute atomic E-state index is 0.254. The third-order valence-corrected chi connectivity index (χ3v) is 5.69. The molecule has 4 rings (SSSR count). The van der Waals surface area contributed by atoms with Crippen molar-refractivity contribution in [2.75, 3.05) is 12.4 Å². The molecule has 0 saturated heterocycles. The van der Waals surface area contributed by atoms with Gasteiger partial charge in [0, 0.05) is 15.2 Å². The highest BCUT2D eigenvalue weighted by molar-refractivity contribution is 14.1. The van der Waals surface area contributed by atoms with Crippen LogP contribution in [-0.4, -0.2) is 13.1 Å². The number of methoxy groups -OCH3 is 1. The van der Waals surface area contributed by atoms with Crippen molar-refractivity contribution >= 4 is 34.2 Å². The Morgan fingerprint density at radius 2 is 2.00 bits per heavy atom. The zero-order valence-electron chi connectivity index (χ0n) is 13.3. The fourth-order valence-electron chi connectivity index (χ4n) is 3.84. The number of nitrogens with one attached hydrogen (secondary N) is 1. The first-order valence-electron chi connectivity index (χ1n) is 8.08. The number of fused-ring (bicyclic) bond motifs is 3. The van der Waals surface area contributed by atoms with Crippen LogP contribution < -0.4 is 5.32 Å². The van der Waals surface area contributed by atoms with Gasteiger partial charge in [0.2, 0.25) is 0 Å². The molecule has 2 aromatic carbocycles. The van der Waals surface area contributed by atoms with Crippen LogP contribution in [0.4, 0.5) is 5.69 Å². The Balaban J connectivity index is 1.69. The summed E-state index contributed by atoms with van der Waals surface area (Å²) in [4.78, 5) is 11.6. The second kappa shape index (κ2) is 6.24. The van der Waals surface area contributed by atoms with Gasteiger partial charge in [0.25, 0.3) is 0 Å². The molecule has 0 saturated carbocycles. The number of rotatable bonds is 2. The third kappa shape index (κ3) is 2.62. The van der Waals surface area contributed by atoms with E-state index in [0.717, 1.165) is 6.42 Å². The molecule has 0 amide bonds. The summed E-state index contributed by atoms with van der Waals surface area (Å²) in [7, 11) is 1.41. The molecule has 1 N–H and O–H groups in total. The smallest absolute Gasteiger partial charge is 0.337 e. The van der Waals surface area contributed by atoms with E-state index in [0.29, 0.717) is 17.4 Å². The van der Waals surface area contributed by atoms with Gasteiger partial charge in [0.15, 0.2) is 0 Å². The molecule has 0 fully saturated rings. The fraction of sp³-hybridized carbons (Fsp3) is 0.250. The maximum atomic E-state index is 11.6. The largest absolute Gasteiger partial charge is 0.465 e. The lowest BCUT2D eigenvalue weighted by atomic mass is 9.77. The summed E-state index contributed by atoms with van der Waals surface area (Å²) in [6.07, 6.45) is 5.71. The summed E-state index contributed by atoms with van der Waals surface area (Å²) in [5, 5.41) is 3.72. The highest BCUT2D eigenvalue weighted by Gasteiger charge is 2.37. The van der Waals surface area contributed by atoms with Crippen LogP contribution in [0.5, 0.6) is 0 Å². The second-order valence-corrected chi connectivity index (χ2v) is 7.57. The molecular weight excluding hydrogens is 413 g/mol. The molecule has 0 aromatic heterocycles. The van der Waals surface area contributed by atoms with E-state index in [1.165, 1.54) is 27.5 Å². The summed E-state index contributed by atoms with van der Waals surface area (Å²) in [5.74, 6) is 0.680. The number of hydrogen-bond acceptors (Lipinski definition) is 3. The fourth-order valence-corrected chi connectivity index (χ4v) is 4.35. The summed E-state index contributed by atoms with van der Waals surface area (Å²) in [6, 6.07) is 14.6. The van der Waals surface area contributed by atoms with Gasteiger partial charge in [-0.05, 0) is 76.4 Å². The maximum absolute atomic E-state index is 11.6. The Morgan fingerprint density at radius 3 is 2.75 bits per heavy atom. The zero-order chi connectivity index (χ0) is 16.7. The van der Waals surface area contributed by atoms with E-state index in [2.05, 4.69) is 58.3 Å². The first-order valence-corrected chi connectivity index (χ1v) is 9.16. The molecule has 122 valence electrons. The average molecular weight is 431 g/mol. The Morgan fingerprint density at radius 1 is 1.21 bits per heavy atom. The number of carbonyl (C=O) groups excluding carboxylic acids is 1. The normalized spacial score (nSPS) is 24.0. The Labute approximate surface area is 155 Å². The molecule has 4 heteroatoms. The number of hydrogen-bond donors (Lipinski definition) is 1. The van der Waals surface area contributed by atoms with Crippen LogP contribution in [0, 0.1) is 9.49 Å². The van der Waals surface area contributed by atoms with Crippen molar-refractivity contribution in [2.24, 2.45) is 5.92 Å². The standard InChI is InChI=1S/C20H18INO2/c1-24-20(23)13-7-5-12(6-8-13)19-16-4-2-3-15(16)17-11-14(21)9-10-18(17)22-19/h2-3,5-11,15-16,19,22H,4H2,1H3/t15-,16-,19+/m1/s1. The molecule has 1 heterocycles. The molecule has 2 aliphatic rings. The van der Waals surface area contributed by atoms with Gasteiger partial charge >= 0.3 is 5.97 Å². The van der Waals surface area contributed by atoms with Crippen molar-refractivity contribution < 1.29 is 9.53 Å². The number of benzene rings is 2. The first kappa shape index (κ1) is 15.7. The number of carbonyl (C=O) groups is 1. The van der Waals surface area contributed by atoms with Crippen LogP contribution in [0.3, 0.4) is 0 Å². The second-order valence-electron chi connectivity index (χ2n) is 6.32. The predicted molar refractivity (Wildman–Crippen MR) is 103 cm³/mol. The van der Waals surface area contributed by atoms with E-state index >= 15 is 0 Å². The Kier molecular flexibility index (Phi) is 4.08. The number of halogens is 1. The van der Waals surface area contributed by atoms with Gasteiger partial charge in [0.1, 0.15) is 0 Å². The summed E-state index contributed by atoms with van der Waals surface area (Å²) in [6.45, 7) is 0. The van der Waals surface area contributed by atoms with E-state index in [4.69, 9.17) is 4.74 Å². The minimum atomic E-state index is -0.293. The molecule has 3 atom stereocenters. The van der Waals surface area contributed by atoms with Crippen molar-refractivity contribution in [2.45, 2.75) is 18.4 Å². The van der Waals surface area contributed by atoms with Crippen molar-refractivity contribution in [3.63, 3.8) is 0 Å². The van der Waals surface area contributed by atoms with Crippen LogP contribution in [0.25, 0.3) is 0 Å². The van der Waals surface area contributed by atoms with Crippen molar-refractivity contribution in [3.05, 3.63) is 74.9 Å². The van der Waals surface area contributed by atoms with Crippen LogP contribution in [0.2, 0.25) is 0 Å². The van der Waals surface area contributed by atoms with Gasteiger partial charge in [-0.15, -0.1) is 0 Å². The number of anilines is 1. The number of ether oxygens (including phenoxy) is 1. The Hall–Kier alpha value is -1.82. The molecule has 3 nitrogen and oxygen atoms in total. The summed E-state index contributed by atoms with van der Waals surface area (Å²) < 4.78 is 6.05. The topological polar surface area (TPSA) is 38.3 Å². The zero-order valence-corrected chi connectivity index (χ0v) is 15.5. The lowest BCUT2D eigenvalue weighted by molar-refractivity contribution is 0.0600. The average Bonchev–Trinajstić information content (AvgIpc) is 3.11. The van der Waals surface area contributed by atoms with Crippen LogP contribution in [-0.2, 0) is 4.74 Å². The van der Waals surface area contributed by atoms with Gasteiger partial charge in [-0.25, -0.2) is 4.79 Å². The highest BCUT2D eigenvalue weighted by Crippen LogP contribution is 2.49. The third-order valence-electron chi connectivity index (χ3n) is 5.02. The summed E-state index contributed by atoms with van der Waals surface area (Å²) >= 11 is 2.37. The highest BCUT2D eigenvalue weighted by atomic mass is 127. The molecule has 2 aromatic rings. The van der Waals surface area contributed by atoms with Gasteiger partial charge in [-0.2, -0.15) is 0 Å². The lowest BCUT2D eigenvalue weighted by Gasteiger charge is -2.37. The molecule has 1 aliphatic carbocycles. The van der Waals surface area contributed by atoms with E-state index in [1.807, 2.05) is 24.3 Å².